The molecule has 1 N–H and O–H groups in total. The van der Waals surface area contributed by atoms with Crippen LogP contribution >= 0.6 is 0 Å². The molecular formula is C61H80N4O15S3. The number of ether oxygens (including phenoxy) is 6. The molecule has 3 aromatic carbocycles. The third-order valence-electron chi connectivity index (χ3n) is 15.9. The number of carbonyl (C=O) groups excluding carboxylic acids is 2. The lowest BCUT2D eigenvalue weighted by atomic mass is 9.91. The van der Waals surface area contributed by atoms with E-state index in [1.807, 2.05) is 52.0 Å². The molecule has 452 valence electrons. The van der Waals surface area contributed by atoms with Gasteiger partial charge in [0.2, 0.25) is 0 Å². The Labute approximate surface area is 489 Å². The van der Waals surface area contributed by atoms with E-state index in [4.69, 9.17) is 28.4 Å². The molecule has 0 spiro atoms. The first kappa shape index (κ1) is 64.8. The quantitative estimate of drug-likeness (QED) is 0.103. The predicted octanol–water partition coefficient (Wildman–Crippen LogP) is 8.57. The number of methoxy groups -OCH3 is 1. The van der Waals surface area contributed by atoms with Crippen molar-refractivity contribution in [2.24, 2.45) is 9.98 Å². The zero-order valence-electron chi connectivity index (χ0n) is 49.5. The molecule has 5 aliphatic rings. The molecule has 0 aliphatic carbocycles. The number of hydrogen-bond acceptors (Lipinski definition) is 18. The molecule has 1 aromatic heterocycles. The number of aliphatic imine (C=N–C) groups is 2. The number of aliphatic hydroxyl groups is 1. The Balaban J connectivity index is 0.000000179. The molecule has 6 atom stereocenters. The molecule has 0 radical (unpaired) electrons. The second-order valence-electron chi connectivity index (χ2n) is 23.0. The number of esters is 2. The van der Waals surface area contributed by atoms with Gasteiger partial charge in [-0.1, -0.05) is 36.4 Å². The monoisotopic (exact) mass is 1200 g/mol. The van der Waals surface area contributed by atoms with Gasteiger partial charge in [0.25, 0.3) is 0 Å². The Hall–Kier alpha value is -5.72. The van der Waals surface area contributed by atoms with E-state index in [0.29, 0.717) is 84.5 Å². The fourth-order valence-electron chi connectivity index (χ4n) is 10.7. The van der Waals surface area contributed by atoms with Gasteiger partial charge in [0.05, 0.1) is 78.8 Å². The van der Waals surface area contributed by atoms with E-state index in [-0.39, 0.29) is 56.6 Å². The summed E-state index contributed by atoms with van der Waals surface area (Å²) in [4.78, 5) is 33.6. The summed E-state index contributed by atoms with van der Waals surface area (Å²) in [6, 6.07) is 22.6. The van der Waals surface area contributed by atoms with Gasteiger partial charge in [0, 0.05) is 26.9 Å². The molecule has 3 saturated heterocycles. The Kier molecular flexibility index (Phi) is 20.5. The minimum Gasteiger partial charge on any atom is -0.461 e. The normalized spacial score (nSPS) is 24.8. The molecule has 0 amide bonds. The van der Waals surface area contributed by atoms with Crippen LogP contribution in [0.2, 0.25) is 0 Å². The maximum Gasteiger partial charge on any atom is 0.358 e. The number of aryl methyl sites for hydroxylation is 3. The first-order valence-corrected chi connectivity index (χ1v) is 32.4. The summed E-state index contributed by atoms with van der Waals surface area (Å²) in [5, 5.41) is 14.4. The number of aromatic nitrogens is 2. The van der Waals surface area contributed by atoms with Gasteiger partial charge < -0.3 is 33.5 Å². The number of sulfone groups is 3. The van der Waals surface area contributed by atoms with Crippen LogP contribution < -0.4 is 0 Å². The summed E-state index contributed by atoms with van der Waals surface area (Å²) in [5.74, 6) is -1.00. The lowest BCUT2D eigenvalue weighted by Crippen LogP contribution is -2.45. The second kappa shape index (κ2) is 26.3. The van der Waals surface area contributed by atoms with Crippen LogP contribution in [0.25, 0.3) is 0 Å². The summed E-state index contributed by atoms with van der Waals surface area (Å²) in [7, 11) is -9.09. The van der Waals surface area contributed by atoms with Gasteiger partial charge in [0.1, 0.15) is 24.1 Å². The Morgan fingerprint density at radius 3 is 1.45 bits per heavy atom. The van der Waals surface area contributed by atoms with Crippen molar-refractivity contribution in [2.45, 2.75) is 167 Å². The van der Waals surface area contributed by atoms with Crippen molar-refractivity contribution >= 4 is 52.9 Å². The van der Waals surface area contributed by atoms with Crippen LogP contribution in [-0.2, 0) is 69.5 Å². The zero-order valence-corrected chi connectivity index (χ0v) is 51.9. The average Bonchev–Trinajstić information content (AvgIpc) is 4.35. The molecular weight excluding hydrogens is 1120 g/mol. The van der Waals surface area contributed by atoms with Crippen molar-refractivity contribution < 1.29 is 68.4 Å². The fraction of sp³-hybridized carbons (Fsp3) is 0.525. The number of rotatable bonds is 16. The van der Waals surface area contributed by atoms with Crippen molar-refractivity contribution in [3.05, 3.63) is 130 Å². The second-order valence-corrected chi connectivity index (χ2v) is 30.4. The highest BCUT2D eigenvalue weighted by Gasteiger charge is 2.49. The predicted molar refractivity (Wildman–Crippen MR) is 315 cm³/mol. The molecule has 83 heavy (non-hydrogen) atoms. The minimum atomic E-state index is -3.60. The van der Waals surface area contributed by atoms with Gasteiger partial charge in [-0.15, -0.1) is 0 Å². The van der Waals surface area contributed by atoms with Crippen molar-refractivity contribution in [1.82, 2.24) is 9.78 Å². The maximum absolute atomic E-state index is 13.5. The lowest BCUT2D eigenvalue weighted by Gasteiger charge is -2.38. The zero-order chi connectivity index (χ0) is 60.8. The van der Waals surface area contributed by atoms with Gasteiger partial charge in [-0.2, -0.15) is 5.10 Å². The molecule has 9 rings (SSSR count). The summed E-state index contributed by atoms with van der Waals surface area (Å²) >= 11 is 0. The molecule has 19 nitrogen and oxygen atoms in total. The Morgan fingerprint density at radius 2 is 1.04 bits per heavy atom. The van der Waals surface area contributed by atoms with Crippen molar-refractivity contribution in [2.75, 3.05) is 53.2 Å². The molecule has 0 saturated carbocycles. The van der Waals surface area contributed by atoms with Gasteiger partial charge >= 0.3 is 11.9 Å². The smallest absolute Gasteiger partial charge is 0.358 e. The molecule has 3 fully saturated rings. The highest BCUT2D eigenvalue weighted by Crippen LogP contribution is 2.44. The third-order valence-corrected chi connectivity index (χ3v) is 23.5. The summed E-state index contributed by atoms with van der Waals surface area (Å²) in [5.41, 5.74) is 5.10. The van der Waals surface area contributed by atoms with Crippen LogP contribution in [0.15, 0.2) is 127 Å². The highest BCUT2D eigenvalue weighted by atomic mass is 32.2. The molecule has 4 aromatic rings. The Bertz CT molecular complexity index is 3510. The van der Waals surface area contributed by atoms with Crippen LogP contribution in [0.1, 0.15) is 126 Å². The highest BCUT2D eigenvalue weighted by molar-refractivity contribution is 7.93. The maximum atomic E-state index is 13.5. The van der Waals surface area contributed by atoms with E-state index in [1.54, 1.807) is 108 Å². The van der Waals surface area contributed by atoms with Crippen LogP contribution in [0, 0.1) is 20.8 Å². The lowest BCUT2D eigenvalue weighted by molar-refractivity contribution is -0.134. The van der Waals surface area contributed by atoms with Gasteiger partial charge in [0.15, 0.2) is 35.2 Å². The average molecular weight is 1210 g/mol. The van der Waals surface area contributed by atoms with Crippen LogP contribution in [0.3, 0.4) is 0 Å². The van der Waals surface area contributed by atoms with Crippen molar-refractivity contribution in [1.29, 1.82) is 0 Å². The van der Waals surface area contributed by atoms with E-state index in [0.717, 1.165) is 27.8 Å². The van der Waals surface area contributed by atoms with E-state index < -0.39 is 67.4 Å². The Morgan fingerprint density at radius 1 is 0.627 bits per heavy atom. The topological polar surface area (TPSA) is 255 Å². The van der Waals surface area contributed by atoms with E-state index in [9.17, 15) is 39.9 Å². The summed E-state index contributed by atoms with van der Waals surface area (Å²) in [6.45, 7) is 20.3. The standard InChI is InChI=1S/C21H28N2O6S.C20H25NO5S.C20H27NO4S/c1-5-28-20(24)17-12-18(23(22-17)14-27-4)19-13-21(3,9-10-29-19)30(25,26)16-8-6-7-15(2)11-16;1-4-25-19(22)17-11-15(13-21-17)18-12-20(3,8-9-26-18)27(23,24)16-7-5-6-14(2)10-16;1-14-6-5-7-16(10-14)26(23,24)20(4)8-9-25-17(12-20)15-11-18(21-13-15)19(2,3)22/h6-8,11-12,19H,5,9-10,13-14H2,1-4H3;5-7,10-11,18H,4,8-9,12-13H2,1-3H3;5-7,10-11,17,22H,8-9,12-13H2,1-4H3. The third kappa shape index (κ3) is 14.5. The molecule has 6 heterocycles. The van der Waals surface area contributed by atoms with E-state index in [2.05, 4.69) is 15.1 Å². The number of nitrogens with zero attached hydrogens (tertiary/aromatic N) is 4. The fourth-order valence-corrected chi connectivity index (χ4v) is 16.4. The van der Waals surface area contributed by atoms with Gasteiger partial charge in [-0.3, -0.25) is 9.98 Å². The molecule has 22 heteroatoms. The number of carbonyl (C=O) groups is 2. The van der Waals surface area contributed by atoms with Crippen molar-refractivity contribution in [3.63, 3.8) is 0 Å². The van der Waals surface area contributed by atoms with E-state index >= 15 is 0 Å². The SMILES string of the molecule is CCOC(=O)C1=NCC(C2CC(C)(S(=O)(=O)c3cccc(C)c3)CCO2)=C1.CCOC(=O)c1cc(C2CC(C)(S(=O)(=O)c3cccc(C)c3)CCO2)n(COC)n1.Cc1cccc(S(=O)(=O)C2(C)CCOC(C3=CC(C(C)(C)O)=NC3)C2)c1. The number of benzene rings is 3. The summed E-state index contributed by atoms with van der Waals surface area (Å²) < 4.78 is 112. The van der Waals surface area contributed by atoms with Crippen LogP contribution in [-0.4, -0.2) is 149 Å². The largest absolute Gasteiger partial charge is 0.461 e. The van der Waals surface area contributed by atoms with Crippen molar-refractivity contribution in [3.8, 4) is 0 Å². The minimum absolute atomic E-state index is 0.107. The first-order chi connectivity index (χ1) is 39.0. The van der Waals surface area contributed by atoms with Gasteiger partial charge in [-0.25, -0.2) is 39.5 Å². The molecule has 6 unspecified atom stereocenters. The first-order valence-electron chi connectivity index (χ1n) is 27.9. The van der Waals surface area contributed by atoms with Crippen LogP contribution in [0.5, 0.6) is 0 Å². The molecule has 0 bridgehead atoms. The van der Waals surface area contributed by atoms with Gasteiger partial charge in [-0.05, 0) is 190 Å². The molecule has 5 aliphatic heterocycles. The number of hydrogen-bond donors (Lipinski definition) is 1. The van der Waals surface area contributed by atoms with E-state index in [1.165, 1.54) is 11.8 Å². The van der Waals surface area contributed by atoms with Crippen LogP contribution in [0.4, 0.5) is 0 Å². The summed E-state index contributed by atoms with van der Waals surface area (Å²) in [6.07, 6.45) is 4.55.